The summed E-state index contributed by atoms with van der Waals surface area (Å²) in [6.07, 6.45) is 0.798. The molecule has 15 heavy (non-hydrogen) atoms. The molecule has 3 nitrogen and oxygen atoms in total. The van der Waals surface area contributed by atoms with Gasteiger partial charge in [0.25, 0.3) is 0 Å². The maximum Gasteiger partial charge on any atom is 0.0680 e. The summed E-state index contributed by atoms with van der Waals surface area (Å²) >= 11 is 2.08. The van der Waals surface area contributed by atoms with Gasteiger partial charge in [-0.25, -0.2) is 0 Å². The first-order valence-electron chi connectivity index (χ1n) is 5.94. The quantitative estimate of drug-likeness (QED) is 0.726. The summed E-state index contributed by atoms with van der Waals surface area (Å²) in [5.74, 6) is 1.25. The maximum absolute atomic E-state index is 9.46. The summed E-state index contributed by atoms with van der Waals surface area (Å²) in [5.41, 5.74) is 0. The van der Waals surface area contributed by atoms with E-state index in [9.17, 15) is 5.11 Å². The fourth-order valence-electron chi connectivity index (χ4n) is 2.47. The highest BCUT2D eigenvalue weighted by molar-refractivity contribution is 8.00. The van der Waals surface area contributed by atoms with Gasteiger partial charge in [0.05, 0.1) is 6.10 Å². The summed E-state index contributed by atoms with van der Waals surface area (Å²) in [6, 6.07) is 1.17. The smallest absolute Gasteiger partial charge is 0.0680 e. The second-order valence-corrected chi connectivity index (χ2v) is 6.29. The molecule has 2 N–H and O–H groups in total. The number of β-amino-alcohol motifs (C(OH)–C–C–N with tert-alkyl or cyclic N) is 1. The van der Waals surface area contributed by atoms with Crippen LogP contribution in [-0.2, 0) is 0 Å². The average molecular weight is 230 g/mol. The van der Waals surface area contributed by atoms with Gasteiger partial charge in [-0.3, -0.25) is 4.90 Å². The lowest BCUT2D eigenvalue weighted by molar-refractivity contribution is 0.174. The van der Waals surface area contributed by atoms with Gasteiger partial charge < -0.3 is 10.4 Å². The molecule has 2 saturated heterocycles. The van der Waals surface area contributed by atoms with E-state index in [1.54, 1.807) is 0 Å². The molecule has 4 unspecified atom stereocenters. The highest BCUT2D eigenvalue weighted by Gasteiger charge is 2.29. The van der Waals surface area contributed by atoms with Crippen LogP contribution >= 0.6 is 11.8 Å². The molecular weight excluding hydrogens is 208 g/mol. The molecule has 2 fully saturated rings. The molecule has 0 aromatic heterocycles. The largest absolute Gasteiger partial charge is 0.392 e. The molecule has 0 radical (unpaired) electrons. The molecule has 4 heteroatoms. The molecule has 2 heterocycles. The Labute approximate surface area is 96.6 Å². The van der Waals surface area contributed by atoms with Crippen molar-refractivity contribution in [3.05, 3.63) is 0 Å². The van der Waals surface area contributed by atoms with Gasteiger partial charge in [0.2, 0.25) is 0 Å². The van der Waals surface area contributed by atoms with Gasteiger partial charge in [-0.15, -0.1) is 0 Å². The third kappa shape index (κ3) is 2.87. The van der Waals surface area contributed by atoms with Crippen molar-refractivity contribution in [2.24, 2.45) is 0 Å². The molecule has 0 bridgehead atoms. The van der Waals surface area contributed by atoms with Crippen LogP contribution in [0.5, 0.6) is 0 Å². The predicted molar refractivity (Wildman–Crippen MR) is 65.4 cm³/mol. The zero-order valence-corrected chi connectivity index (χ0v) is 10.5. The summed E-state index contributed by atoms with van der Waals surface area (Å²) in [4.78, 5) is 2.57. The van der Waals surface area contributed by atoms with Crippen LogP contribution < -0.4 is 5.32 Å². The van der Waals surface area contributed by atoms with Gasteiger partial charge in [0.15, 0.2) is 0 Å². The van der Waals surface area contributed by atoms with Crippen LogP contribution in [0.4, 0.5) is 0 Å². The van der Waals surface area contributed by atoms with Crippen molar-refractivity contribution in [1.29, 1.82) is 0 Å². The first-order chi connectivity index (χ1) is 7.16. The van der Waals surface area contributed by atoms with Crippen LogP contribution in [-0.4, -0.2) is 58.8 Å². The molecule has 0 aromatic rings. The third-order valence-corrected chi connectivity index (χ3v) is 5.01. The van der Waals surface area contributed by atoms with E-state index in [1.165, 1.54) is 12.3 Å². The van der Waals surface area contributed by atoms with Gasteiger partial charge in [0.1, 0.15) is 0 Å². The summed E-state index contributed by atoms with van der Waals surface area (Å²) in [6.45, 7) is 7.71. The second kappa shape index (κ2) is 5.04. The summed E-state index contributed by atoms with van der Waals surface area (Å²) in [7, 11) is 0. The van der Waals surface area contributed by atoms with E-state index in [0.29, 0.717) is 12.1 Å². The Balaban J connectivity index is 1.82. The topological polar surface area (TPSA) is 35.5 Å². The van der Waals surface area contributed by atoms with Crippen LogP contribution in [0.15, 0.2) is 0 Å². The lowest BCUT2D eigenvalue weighted by Gasteiger charge is -2.38. The number of nitrogens with zero attached hydrogens (tertiary/aromatic N) is 1. The fourth-order valence-corrected chi connectivity index (χ4v) is 3.64. The van der Waals surface area contributed by atoms with Gasteiger partial charge >= 0.3 is 0 Å². The zero-order valence-electron chi connectivity index (χ0n) is 9.65. The third-order valence-electron chi connectivity index (χ3n) is 3.67. The number of nitrogens with one attached hydrogen (secondary N) is 1. The van der Waals surface area contributed by atoms with E-state index < -0.39 is 0 Å². The minimum atomic E-state index is -0.123. The van der Waals surface area contributed by atoms with Crippen molar-refractivity contribution >= 4 is 11.8 Å². The Hall–Kier alpha value is 0.230. The van der Waals surface area contributed by atoms with Gasteiger partial charge in [-0.2, -0.15) is 11.8 Å². The first-order valence-corrected chi connectivity index (χ1v) is 6.99. The van der Waals surface area contributed by atoms with Crippen LogP contribution in [0.3, 0.4) is 0 Å². The fraction of sp³-hybridized carbons (Fsp3) is 1.00. The molecule has 0 saturated carbocycles. The van der Waals surface area contributed by atoms with E-state index in [4.69, 9.17) is 0 Å². The monoisotopic (exact) mass is 230 g/mol. The van der Waals surface area contributed by atoms with Crippen LogP contribution in [0.1, 0.15) is 20.3 Å². The lowest BCUT2D eigenvalue weighted by atomic mass is 10.1. The van der Waals surface area contributed by atoms with Crippen molar-refractivity contribution in [2.45, 2.75) is 43.7 Å². The van der Waals surface area contributed by atoms with Gasteiger partial charge in [0, 0.05) is 42.7 Å². The van der Waals surface area contributed by atoms with Crippen LogP contribution in [0.2, 0.25) is 0 Å². The number of rotatable bonds is 2. The van der Waals surface area contributed by atoms with Crippen LogP contribution in [0.25, 0.3) is 0 Å². The van der Waals surface area contributed by atoms with Crippen molar-refractivity contribution in [1.82, 2.24) is 10.2 Å². The maximum atomic E-state index is 9.46. The Morgan fingerprint density at radius 3 is 2.93 bits per heavy atom. The summed E-state index contributed by atoms with van der Waals surface area (Å²) < 4.78 is 0. The number of hydrogen-bond acceptors (Lipinski definition) is 4. The number of thioether (sulfide) groups is 1. The average Bonchev–Trinajstić information content (AvgIpc) is 2.59. The zero-order chi connectivity index (χ0) is 10.8. The minimum absolute atomic E-state index is 0.123. The molecule has 0 aromatic carbocycles. The Morgan fingerprint density at radius 2 is 2.27 bits per heavy atom. The highest BCUT2D eigenvalue weighted by Crippen LogP contribution is 2.24. The normalized spacial score (nSPS) is 43.4. The minimum Gasteiger partial charge on any atom is -0.392 e. The van der Waals surface area contributed by atoms with Crippen LogP contribution in [0, 0.1) is 0 Å². The molecule has 0 amide bonds. The number of aliphatic hydroxyl groups excluding tert-OH is 1. The first kappa shape index (κ1) is 11.7. The van der Waals surface area contributed by atoms with E-state index in [0.717, 1.165) is 24.8 Å². The number of hydrogen-bond donors (Lipinski definition) is 2. The highest BCUT2D eigenvalue weighted by atomic mass is 32.2. The van der Waals surface area contributed by atoms with Crippen molar-refractivity contribution in [3.8, 4) is 0 Å². The summed E-state index contributed by atoms with van der Waals surface area (Å²) in [5, 5.41) is 13.6. The predicted octanol–water partition coefficient (Wildman–Crippen LogP) is 0.535. The molecule has 88 valence electrons. The van der Waals surface area contributed by atoms with Gasteiger partial charge in [-0.05, 0) is 13.3 Å². The Morgan fingerprint density at radius 1 is 1.47 bits per heavy atom. The molecule has 4 atom stereocenters. The molecule has 2 aliphatic rings. The lowest BCUT2D eigenvalue weighted by Crippen LogP contribution is -2.49. The second-order valence-electron chi connectivity index (χ2n) is 4.81. The standard InChI is InChI=1S/C11H22N2OS/c1-8-9(2)15-4-3-13(8)7-10-5-11(14)6-12-10/h8-12,14H,3-7H2,1-2H3. The van der Waals surface area contributed by atoms with Crippen molar-refractivity contribution in [3.63, 3.8) is 0 Å². The van der Waals surface area contributed by atoms with E-state index in [2.05, 4.69) is 35.8 Å². The Bertz CT molecular complexity index is 215. The van der Waals surface area contributed by atoms with E-state index in [-0.39, 0.29) is 6.10 Å². The molecule has 0 spiro atoms. The SMILES string of the molecule is CC1SCCN(CC2CC(O)CN2)C1C. The molecule has 2 rings (SSSR count). The molecule has 2 aliphatic heterocycles. The molecular formula is C11H22N2OS. The van der Waals surface area contributed by atoms with Crippen molar-refractivity contribution in [2.75, 3.05) is 25.4 Å². The Kier molecular flexibility index (Phi) is 3.93. The van der Waals surface area contributed by atoms with E-state index in [1.807, 2.05) is 0 Å². The van der Waals surface area contributed by atoms with E-state index >= 15 is 0 Å². The van der Waals surface area contributed by atoms with Gasteiger partial charge in [-0.1, -0.05) is 6.92 Å². The molecule has 0 aliphatic carbocycles. The van der Waals surface area contributed by atoms with Crippen molar-refractivity contribution < 1.29 is 5.11 Å². The number of aliphatic hydroxyl groups is 1.